The molecule has 0 aromatic heterocycles. The molecule has 2 unspecified atom stereocenters. The average Bonchev–Trinajstić information content (AvgIpc) is 2.43. The minimum absolute atomic E-state index is 0.00329. The molecule has 0 aliphatic carbocycles. The van der Waals surface area contributed by atoms with Gasteiger partial charge < -0.3 is 14.8 Å². The third-order valence-electron chi connectivity index (χ3n) is 3.32. The molecule has 0 amide bonds. The van der Waals surface area contributed by atoms with E-state index in [2.05, 4.69) is 12.2 Å². The highest BCUT2D eigenvalue weighted by molar-refractivity contribution is 5.19. The number of hydrogen-bond acceptors (Lipinski definition) is 3. The third kappa shape index (κ3) is 4.51. The molecule has 3 nitrogen and oxygen atoms in total. The molecule has 112 valence electrons. The normalized spacial score (nSPS) is 20.9. The van der Waals surface area contributed by atoms with Gasteiger partial charge >= 0.3 is 0 Å². The van der Waals surface area contributed by atoms with Crippen molar-refractivity contribution in [3.63, 3.8) is 0 Å². The summed E-state index contributed by atoms with van der Waals surface area (Å²) in [6.07, 6.45) is 1.42. The van der Waals surface area contributed by atoms with Crippen LogP contribution in [-0.4, -0.2) is 38.5 Å². The van der Waals surface area contributed by atoms with Gasteiger partial charge in [0.2, 0.25) is 0 Å². The third-order valence-corrected chi connectivity index (χ3v) is 3.32. The zero-order chi connectivity index (χ0) is 14.4. The van der Waals surface area contributed by atoms with Crippen molar-refractivity contribution in [1.82, 2.24) is 5.32 Å². The molecule has 0 saturated carbocycles. The molecule has 5 heteroatoms. The SMILES string of the molecule is CCCNC(Cc1cc(F)cc(F)c1)C1COCCO1. The van der Waals surface area contributed by atoms with Crippen molar-refractivity contribution in [2.45, 2.75) is 31.9 Å². The van der Waals surface area contributed by atoms with E-state index in [0.717, 1.165) is 19.0 Å². The first-order valence-corrected chi connectivity index (χ1v) is 7.06. The number of hydrogen-bond donors (Lipinski definition) is 1. The number of nitrogens with one attached hydrogen (secondary N) is 1. The fourth-order valence-corrected chi connectivity index (χ4v) is 2.39. The second-order valence-corrected chi connectivity index (χ2v) is 5.03. The predicted octanol–water partition coefficient (Wildman–Crippen LogP) is 2.29. The van der Waals surface area contributed by atoms with Gasteiger partial charge in [-0.25, -0.2) is 8.78 Å². The molecular weight excluding hydrogens is 264 g/mol. The second kappa shape index (κ2) is 7.67. The zero-order valence-electron chi connectivity index (χ0n) is 11.7. The summed E-state index contributed by atoms with van der Waals surface area (Å²) in [5.74, 6) is -1.09. The van der Waals surface area contributed by atoms with E-state index in [4.69, 9.17) is 9.47 Å². The minimum atomic E-state index is -0.546. The predicted molar refractivity (Wildman–Crippen MR) is 72.7 cm³/mol. The van der Waals surface area contributed by atoms with Crippen LogP contribution < -0.4 is 5.32 Å². The molecule has 1 aromatic rings. The zero-order valence-corrected chi connectivity index (χ0v) is 11.7. The first-order valence-electron chi connectivity index (χ1n) is 7.06. The molecular formula is C15H21F2NO2. The molecule has 0 bridgehead atoms. The summed E-state index contributed by atoms with van der Waals surface area (Å²) < 4.78 is 37.6. The summed E-state index contributed by atoms with van der Waals surface area (Å²) in [6.45, 7) is 4.59. The van der Waals surface area contributed by atoms with Crippen LogP contribution in [0.5, 0.6) is 0 Å². The molecule has 0 spiro atoms. The summed E-state index contributed by atoms with van der Waals surface area (Å²) in [5, 5.41) is 3.38. The molecule has 1 aliphatic heterocycles. The van der Waals surface area contributed by atoms with Crippen LogP contribution >= 0.6 is 0 Å². The Morgan fingerprint density at radius 2 is 2.00 bits per heavy atom. The number of halogens is 2. The summed E-state index contributed by atoms with van der Waals surface area (Å²) in [7, 11) is 0. The lowest BCUT2D eigenvalue weighted by molar-refractivity contribution is -0.101. The van der Waals surface area contributed by atoms with E-state index in [0.29, 0.717) is 31.8 Å². The lowest BCUT2D eigenvalue weighted by Crippen LogP contribution is -2.48. The van der Waals surface area contributed by atoms with Crippen LogP contribution in [0.2, 0.25) is 0 Å². The quantitative estimate of drug-likeness (QED) is 0.870. The Hall–Kier alpha value is -1.04. The van der Waals surface area contributed by atoms with E-state index in [1.54, 1.807) is 0 Å². The maximum Gasteiger partial charge on any atom is 0.126 e. The molecule has 1 N–H and O–H groups in total. The molecule has 1 fully saturated rings. The maximum absolute atomic E-state index is 13.3. The molecule has 1 aromatic carbocycles. The van der Waals surface area contributed by atoms with E-state index in [-0.39, 0.29) is 12.1 Å². The Morgan fingerprint density at radius 3 is 2.60 bits per heavy atom. The van der Waals surface area contributed by atoms with Gasteiger partial charge in [0.25, 0.3) is 0 Å². The highest BCUT2D eigenvalue weighted by Gasteiger charge is 2.25. The largest absolute Gasteiger partial charge is 0.376 e. The molecule has 1 heterocycles. The van der Waals surface area contributed by atoms with Gasteiger partial charge in [-0.05, 0) is 37.1 Å². The first-order chi connectivity index (χ1) is 9.69. The summed E-state index contributed by atoms with van der Waals surface area (Å²) in [5.41, 5.74) is 0.630. The summed E-state index contributed by atoms with van der Waals surface area (Å²) in [4.78, 5) is 0. The Kier molecular flexibility index (Phi) is 5.88. The van der Waals surface area contributed by atoms with Gasteiger partial charge in [0.05, 0.1) is 25.9 Å². The Morgan fingerprint density at radius 1 is 1.25 bits per heavy atom. The van der Waals surface area contributed by atoms with E-state index >= 15 is 0 Å². The van der Waals surface area contributed by atoms with Gasteiger partial charge in [-0.1, -0.05) is 6.92 Å². The number of benzene rings is 1. The lowest BCUT2D eigenvalue weighted by Gasteiger charge is -2.31. The van der Waals surface area contributed by atoms with Crippen LogP contribution in [0.4, 0.5) is 8.78 Å². The Balaban J connectivity index is 2.05. The summed E-state index contributed by atoms with van der Waals surface area (Å²) >= 11 is 0. The average molecular weight is 285 g/mol. The maximum atomic E-state index is 13.3. The summed E-state index contributed by atoms with van der Waals surface area (Å²) in [6, 6.07) is 3.62. The molecule has 0 radical (unpaired) electrons. The van der Waals surface area contributed by atoms with Crippen molar-refractivity contribution < 1.29 is 18.3 Å². The van der Waals surface area contributed by atoms with E-state index < -0.39 is 11.6 Å². The number of rotatable bonds is 6. The van der Waals surface area contributed by atoms with Gasteiger partial charge in [-0.15, -0.1) is 0 Å². The Bertz CT molecular complexity index is 402. The molecule has 2 atom stereocenters. The number of ether oxygens (including phenoxy) is 2. The highest BCUT2D eigenvalue weighted by Crippen LogP contribution is 2.15. The van der Waals surface area contributed by atoms with Crippen molar-refractivity contribution in [3.05, 3.63) is 35.4 Å². The van der Waals surface area contributed by atoms with Gasteiger partial charge in [0.1, 0.15) is 11.6 Å². The lowest BCUT2D eigenvalue weighted by atomic mass is 10.0. The fourth-order valence-electron chi connectivity index (χ4n) is 2.39. The van der Waals surface area contributed by atoms with Crippen LogP contribution in [0.15, 0.2) is 18.2 Å². The molecule has 20 heavy (non-hydrogen) atoms. The van der Waals surface area contributed by atoms with E-state index in [1.807, 2.05) is 0 Å². The van der Waals surface area contributed by atoms with Crippen LogP contribution in [0.1, 0.15) is 18.9 Å². The fraction of sp³-hybridized carbons (Fsp3) is 0.600. The minimum Gasteiger partial charge on any atom is -0.376 e. The van der Waals surface area contributed by atoms with Crippen LogP contribution in [-0.2, 0) is 15.9 Å². The smallest absolute Gasteiger partial charge is 0.126 e. The standard InChI is InChI=1S/C15H21F2NO2/c1-2-3-18-14(15-10-19-4-5-20-15)8-11-6-12(16)9-13(17)7-11/h6-7,9,14-15,18H,2-5,8,10H2,1H3. The van der Waals surface area contributed by atoms with Crippen LogP contribution in [0.25, 0.3) is 0 Å². The monoisotopic (exact) mass is 285 g/mol. The second-order valence-electron chi connectivity index (χ2n) is 5.03. The van der Waals surface area contributed by atoms with Crippen molar-refractivity contribution >= 4 is 0 Å². The van der Waals surface area contributed by atoms with Gasteiger partial charge in [-0.3, -0.25) is 0 Å². The van der Waals surface area contributed by atoms with Gasteiger partial charge in [0, 0.05) is 12.1 Å². The molecule has 2 rings (SSSR count). The molecule has 1 aliphatic rings. The van der Waals surface area contributed by atoms with E-state index in [1.165, 1.54) is 12.1 Å². The topological polar surface area (TPSA) is 30.5 Å². The highest BCUT2D eigenvalue weighted by atomic mass is 19.1. The van der Waals surface area contributed by atoms with Gasteiger partial charge in [-0.2, -0.15) is 0 Å². The first kappa shape index (κ1) is 15.4. The Labute approximate surface area is 118 Å². The van der Waals surface area contributed by atoms with Crippen molar-refractivity contribution in [2.24, 2.45) is 0 Å². The van der Waals surface area contributed by atoms with Crippen LogP contribution in [0.3, 0.4) is 0 Å². The van der Waals surface area contributed by atoms with Crippen molar-refractivity contribution in [1.29, 1.82) is 0 Å². The van der Waals surface area contributed by atoms with Crippen molar-refractivity contribution in [2.75, 3.05) is 26.4 Å². The molecule has 1 saturated heterocycles. The van der Waals surface area contributed by atoms with E-state index in [9.17, 15) is 8.78 Å². The van der Waals surface area contributed by atoms with Crippen LogP contribution in [0, 0.1) is 11.6 Å². The van der Waals surface area contributed by atoms with Crippen molar-refractivity contribution in [3.8, 4) is 0 Å². The van der Waals surface area contributed by atoms with Gasteiger partial charge in [0.15, 0.2) is 0 Å².